The van der Waals surface area contributed by atoms with Gasteiger partial charge in [0.05, 0.1) is 12.1 Å². The Balaban J connectivity index is 2.11. The molecule has 0 unspecified atom stereocenters. The minimum atomic E-state index is -1.11. The molecule has 6 nitrogen and oxygen atoms in total. The second-order valence-corrected chi connectivity index (χ2v) is 6.29. The van der Waals surface area contributed by atoms with Gasteiger partial charge in [-0.05, 0) is 26.0 Å². The van der Waals surface area contributed by atoms with E-state index < -0.39 is 11.5 Å². The molecule has 1 amide bonds. The van der Waals surface area contributed by atoms with Crippen molar-refractivity contribution < 1.29 is 14.7 Å². The molecule has 2 N–H and O–H groups in total. The van der Waals surface area contributed by atoms with Gasteiger partial charge in [-0.2, -0.15) is 16.9 Å². The van der Waals surface area contributed by atoms with E-state index in [1.54, 1.807) is 16.4 Å². The van der Waals surface area contributed by atoms with E-state index in [2.05, 4.69) is 10.4 Å². The molecule has 1 atom stereocenters. The SMILES string of the molecule is Cc1nn(C)c(C)c1CC(=O)N[C@]1(C(=O)O)CCSC1. The molecule has 110 valence electrons. The largest absolute Gasteiger partial charge is 0.479 e. The zero-order chi connectivity index (χ0) is 14.9. The van der Waals surface area contributed by atoms with Gasteiger partial charge in [-0.3, -0.25) is 9.48 Å². The van der Waals surface area contributed by atoms with Gasteiger partial charge < -0.3 is 10.4 Å². The lowest BCUT2D eigenvalue weighted by Gasteiger charge is -2.24. The number of carbonyl (C=O) groups is 2. The Morgan fingerprint density at radius 3 is 2.65 bits per heavy atom. The van der Waals surface area contributed by atoms with Crippen LogP contribution in [-0.2, 0) is 23.1 Å². The van der Waals surface area contributed by atoms with Crippen LogP contribution in [0.5, 0.6) is 0 Å². The molecule has 7 heteroatoms. The minimum absolute atomic E-state index is 0.172. The van der Waals surface area contributed by atoms with Gasteiger partial charge >= 0.3 is 5.97 Å². The molecule has 0 radical (unpaired) electrons. The fourth-order valence-corrected chi connectivity index (χ4v) is 3.76. The molecule has 2 heterocycles. The highest BCUT2D eigenvalue weighted by Crippen LogP contribution is 2.28. The predicted octanol–water partition coefficient (Wildman–Crippen LogP) is 0.656. The molecule has 1 aromatic heterocycles. The number of rotatable bonds is 4. The lowest BCUT2D eigenvalue weighted by atomic mass is 9.98. The highest BCUT2D eigenvalue weighted by Gasteiger charge is 2.43. The van der Waals surface area contributed by atoms with Gasteiger partial charge in [-0.15, -0.1) is 0 Å². The van der Waals surface area contributed by atoms with Crippen molar-refractivity contribution in [1.82, 2.24) is 15.1 Å². The first-order valence-electron chi connectivity index (χ1n) is 6.47. The van der Waals surface area contributed by atoms with Crippen molar-refractivity contribution in [3.05, 3.63) is 17.0 Å². The van der Waals surface area contributed by atoms with Gasteiger partial charge in [0.25, 0.3) is 0 Å². The van der Waals surface area contributed by atoms with Gasteiger partial charge in [0.1, 0.15) is 5.54 Å². The lowest BCUT2D eigenvalue weighted by molar-refractivity contribution is -0.146. The highest BCUT2D eigenvalue weighted by molar-refractivity contribution is 7.99. The quantitative estimate of drug-likeness (QED) is 0.853. The van der Waals surface area contributed by atoms with E-state index >= 15 is 0 Å². The topological polar surface area (TPSA) is 84.2 Å². The third-order valence-corrected chi connectivity index (χ3v) is 5.00. The number of nitrogens with zero attached hydrogens (tertiary/aromatic N) is 2. The summed E-state index contributed by atoms with van der Waals surface area (Å²) in [5, 5.41) is 16.3. The molecule has 0 spiro atoms. The molecule has 1 fully saturated rings. The summed E-state index contributed by atoms with van der Waals surface area (Å²) in [5.41, 5.74) is 1.51. The van der Waals surface area contributed by atoms with Crippen LogP contribution in [0, 0.1) is 13.8 Å². The highest BCUT2D eigenvalue weighted by atomic mass is 32.2. The standard InChI is InChI=1S/C13H19N3O3S/c1-8-10(9(2)16(3)15-8)6-11(17)14-13(12(18)19)4-5-20-7-13/h4-7H2,1-3H3,(H,14,17)(H,18,19)/t13-/m1/s1. The van der Waals surface area contributed by atoms with Gasteiger partial charge in [0.15, 0.2) is 0 Å². The van der Waals surface area contributed by atoms with Crippen molar-refractivity contribution in [2.75, 3.05) is 11.5 Å². The maximum atomic E-state index is 12.2. The molecule has 0 bridgehead atoms. The van der Waals surface area contributed by atoms with Crippen molar-refractivity contribution >= 4 is 23.6 Å². The molecule has 1 aromatic rings. The second-order valence-electron chi connectivity index (χ2n) is 5.19. The second kappa shape index (κ2) is 5.47. The number of amides is 1. The summed E-state index contributed by atoms with van der Waals surface area (Å²) in [6.07, 6.45) is 0.648. The third kappa shape index (κ3) is 2.67. The normalized spacial score (nSPS) is 21.9. The fourth-order valence-electron chi connectivity index (χ4n) is 2.43. The Kier molecular flexibility index (Phi) is 4.08. The maximum absolute atomic E-state index is 12.2. The molecular formula is C13H19N3O3S. The van der Waals surface area contributed by atoms with Gasteiger partial charge in [-0.1, -0.05) is 0 Å². The molecule has 20 heavy (non-hydrogen) atoms. The van der Waals surface area contributed by atoms with E-state index in [1.807, 2.05) is 20.9 Å². The van der Waals surface area contributed by atoms with E-state index in [-0.39, 0.29) is 12.3 Å². The summed E-state index contributed by atoms with van der Waals surface area (Å²) in [7, 11) is 1.83. The van der Waals surface area contributed by atoms with Crippen LogP contribution in [0.25, 0.3) is 0 Å². The molecule has 2 rings (SSSR count). The lowest BCUT2D eigenvalue weighted by Crippen LogP contribution is -2.55. The molecule has 1 aliphatic heterocycles. The number of aryl methyl sites for hydroxylation is 2. The minimum Gasteiger partial charge on any atom is -0.479 e. The first kappa shape index (κ1) is 14.9. The van der Waals surface area contributed by atoms with Gasteiger partial charge in [0, 0.05) is 24.1 Å². The summed E-state index contributed by atoms with van der Waals surface area (Å²) in [6.45, 7) is 3.76. The first-order valence-corrected chi connectivity index (χ1v) is 7.62. The van der Waals surface area contributed by atoms with Gasteiger partial charge in [-0.25, -0.2) is 4.79 Å². The van der Waals surface area contributed by atoms with Crippen molar-refractivity contribution in [2.24, 2.45) is 7.05 Å². The van der Waals surface area contributed by atoms with Crippen molar-refractivity contribution in [3.8, 4) is 0 Å². The average Bonchev–Trinajstić information content (AvgIpc) is 2.92. The smallest absolute Gasteiger partial charge is 0.330 e. The van der Waals surface area contributed by atoms with Crippen LogP contribution < -0.4 is 5.32 Å². The number of thioether (sulfide) groups is 1. The molecule has 1 saturated heterocycles. The number of nitrogens with one attached hydrogen (secondary N) is 1. The summed E-state index contributed by atoms with van der Waals surface area (Å²) >= 11 is 1.56. The summed E-state index contributed by atoms with van der Waals surface area (Å²) < 4.78 is 1.73. The first-order chi connectivity index (χ1) is 9.35. The Hall–Kier alpha value is -1.50. The summed E-state index contributed by atoms with van der Waals surface area (Å²) in [6, 6.07) is 0. The fraction of sp³-hybridized carbons (Fsp3) is 0.615. The van der Waals surface area contributed by atoms with E-state index in [0.717, 1.165) is 22.7 Å². The monoisotopic (exact) mass is 297 g/mol. The van der Waals surface area contributed by atoms with E-state index in [4.69, 9.17) is 0 Å². The molecule has 1 aliphatic rings. The third-order valence-electron chi connectivity index (χ3n) is 3.81. The zero-order valence-electron chi connectivity index (χ0n) is 11.9. The number of hydrogen-bond donors (Lipinski definition) is 2. The Labute approximate surface area is 121 Å². The summed E-state index contributed by atoms with van der Waals surface area (Å²) in [4.78, 5) is 23.6. The predicted molar refractivity (Wildman–Crippen MR) is 76.8 cm³/mol. The zero-order valence-corrected chi connectivity index (χ0v) is 12.7. The number of aromatic nitrogens is 2. The van der Waals surface area contributed by atoms with Crippen LogP contribution >= 0.6 is 11.8 Å². The van der Waals surface area contributed by atoms with E-state index in [0.29, 0.717) is 12.2 Å². The van der Waals surface area contributed by atoms with Gasteiger partial charge in [0.2, 0.25) is 5.91 Å². The number of aliphatic carboxylic acids is 1. The molecule has 0 aliphatic carbocycles. The van der Waals surface area contributed by atoms with Crippen LogP contribution in [0.3, 0.4) is 0 Å². The number of carboxylic acids is 1. The van der Waals surface area contributed by atoms with Crippen LogP contribution in [0.4, 0.5) is 0 Å². The molecular weight excluding hydrogens is 278 g/mol. The Morgan fingerprint density at radius 2 is 2.20 bits per heavy atom. The molecule has 0 saturated carbocycles. The Bertz CT molecular complexity index is 547. The maximum Gasteiger partial charge on any atom is 0.330 e. The number of carbonyl (C=O) groups excluding carboxylic acids is 1. The van der Waals surface area contributed by atoms with Crippen molar-refractivity contribution in [2.45, 2.75) is 32.2 Å². The van der Waals surface area contributed by atoms with Crippen LogP contribution in [-0.4, -0.2) is 43.8 Å². The molecule has 0 aromatic carbocycles. The van der Waals surface area contributed by atoms with Crippen LogP contribution in [0.1, 0.15) is 23.4 Å². The van der Waals surface area contributed by atoms with Crippen LogP contribution in [0.15, 0.2) is 0 Å². The van der Waals surface area contributed by atoms with Crippen LogP contribution in [0.2, 0.25) is 0 Å². The average molecular weight is 297 g/mol. The summed E-state index contributed by atoms with van der Waals surface area (Å²) in [5.74, 6) is -0.0130. The van der Waals surface area contributed by atoms with Crippen molar-refractivity contribution in [1.29, 1.82) is 0 Å². The number of hydrogen-bond acceptors (Lipinski definition) is 4. The Morgan fingerprint density at radius 1 is 1.50 bits per heavy atom. The van der Waals surface area contributed by atoms with Crippen molar-refractivity contribution in [3.63, 3.8) is 0 Å². The van der Waals surface area contributed by atoms with E-state index in [1.165, 1.54) is 0 Å². The van der Waals surface area contributed by atoms with E-state index in [9.17, 15) is 14.7 Å². The number of carboxylic acid groups (broad SMARTS) is 1.